The van der Waals surface area contributed by atoms with Crippen LogP contribution >= 0.6 is 7.37 Å². The number of morpholine rings is 1. The number of nitrogens with zero attached hydrogens (tertiary/aromatic N) is 1. The topological polar surface area (TPSA) is 38.8 Å². The maximum Gasteiger partial charge on any atom is 0.232 e. The Hall–Kier alpha value is -0.670. The zero-order chi connectivity index (χ0) is 14.3. The first-order valence-corrected chi connectivity index (χ1v) is 9.15. The van der Waals surface area contributed by atoms with Gasteiger partial charge >= 0.3 is 0 Å². The van der Waals surface area contributed by atoms with Gasteiger partial charge in [-0.25, -0.2) is 0 Å². The van der Waals surface area contributed by atoms with E-state index < -0.39 is 7.37 Å². The second-order valence-corrected chi connectivity index (χ2v) is 7.53. The van der Waals surface area contributed by atoms with Crippen molar-refractivity contribution in [2.75, 3.05) is 45.6 Å². The minimum atomic E-state index is -2.70. The summed E-state index contributed by atoms with van der Waals surface area (Å²) in [4.78, 5) is 2.37. The molecule has 1 unspecified atom stereocenters. The standard InChI is InChI=1S/C15H24NO3P/c1-2-19-20(17,15-7-4-3-5-8-15)14-6-9-16-10-12-18-13-11-16/h3-5,7-8H,2,6,9-14H2,1H3. The first kappa shape index (κ1) is 15.7. The maximum atomic E-state index is 13.0. The summed E-state index contributed by atoms with van der Waals surface area (Å²) in [5.74, 6) is 0. The van der Waals surface area contributed by atoms with Crippen molar-refractivity contribution >= 4 is 12.7 Å². The first-order valence-electron chi connectivity index (χ1n) is 7.34. The summed E-state index contributed by atoms with van der Waals surface area (Å²) in [5, 5.41) is 0.837. The van der Waals surface area contributed by atoms with E-state index in [4.69, 9.17) is 9.26 Å². The van der Waals surface area contributed by atoms with E-state index in [1.807, 2.05) is 37.3 Å². The lowest BCUT2D eigenvalue weighted by atomic mass is 10.3. The molecule has 0 N–H and O–H groups in total. The molecule has 0 amide bonds. The molecule has 1 saturated heterocycles. The Labute approximate surface area is 121 Å². The van der Waals surface area contributed by atoms with E-state index in [-0.39, 0.29) is 0 Å². The smallest absolute Gasteiger partial charge is 0.232 e. The molecular weight excluding hydrogens is 273 g/mol. The van der Waals surface area contributed by atoms with Crippen LogP contribution in [0.25, 0.3) is 0 Å². The lowest BCUT2D eigenvalue weighted by Gasteiger charge is -2.27. The van der Waals surface area contributed by atoms with Gasteiger partial charge in [0.1, 0.15) is 0 Å². The molecule has 1 aromatic rings. The SMILES string of the molecule is CCOP(=O)(CCCN1CCOCC1)c1ccccc1. The van der Waals surface area contributed by atoms with Gasteiger partial charge in [0.25, 0.3) is 0 Å². The molecule has 112 valence electrons. The van der Waals surface area contributed by atoms with Crippen LogP contribution in [0, 0.1) is 0 Å². The Morgan fingerprint density at radius 3 is 2.60 bits per heavy atom. The summed E-state index contributed by atoms with van der Waals surface area (Å²) in [6.07, 6.45) is 1.51. The van der Waals surface area contributed by atoms with Crippen LogP contribution in [-0.2, 0) is 13.8 Å². The van der Waals surface area contributed by atoms with E-state index in [9.17, 15) is 4.57 Å². The number of rotatable bonds is 7. The first-order chi connectivity index (χ1) is 9.74. The van der Waals surface area contributed by atoms with E-state index in [1.165, 1.54) is 0 Å². The fraction of sp³-hybridized carbons (Fsp3) is 0.600. The zero-order valence-corrected chi connectivity index (χ0v) is 13.1. The molecule has 20 heavy (non-hydrogen) atoms. The summed E-state index contributed by atoms with van der Waals surface area (Å²) in [6, 6.07) is 9.59. The molecule has 0 radical (unpaired) electrons. The van der Waals surface area contributed by atoms with Crippen molar-refractivity contribution in [1.29, 1.82) is 0 Å². The van der Waals surface area contributed by atoms with Crippen LogP contribution in [0.15, 0.2) is 30.3 Å². The van der Waals surface area contributed by atoms with Crippen LogP contribution < -0.4 is 5.30 Å². The van der Waals surface area contributed by atoms with Gasteiger partial charge in [-0.2, -0.15) is 0 Å². The highest BCUT2D eigenvalue weighted by Gasteiger charge is 2.25. The predicted molar refractivity (Wildman–Crippen MR) is 82.1 cm³/mol. The lowest BCUT2D eigenvalue weighted by molar-refractivity contribution is 0.0380. The summed E-state index contributed by atoms with van der Waals surface area (Å²) in [7, 11) is -2.70. The average Bonchev–Trinajstić information content (AvgIpc) is 2.49. The number of hydrogen-bond donors (Lipinski definition) is 0. The Morgan fingerprint density at radius 1 is 1.25 bits per heavy atom. The molecule has 1 aliphatic heterocycles. The number of ether oxygens (including phenoxy) is 1. The third-order valence-corrected chi connectivity index (χ3v) is 6.18. The van der Waals surface area contributed by atoms with Crippen molar-refractivity contribution in [3.63, 3.8) is 0 Å². The van der Waals surface area contributed by atoms with E-state index in [2.05, 4.69) is 4.90 Å². The van der Waals surface area contributed by atoms with Gasteiger partial charge in [0.05, 0.1) is 19.8 Å². The van der Waals surface area contributed by atoms with Gasteiger partial charge in [-0.15, -0.1) is 0 Å². The third-order valence-electron chi connectivity index (χ3n) is 3.52. The highest BCUT2D eigenvalue weighted by molar-refractivity contribution is 7.67. The van der Waals surface area contributed by atoms with Crippen LogP contribution in [0.2, 0.25) is 0 Å². The highest BCUT2D eigenvalue weighted by atomic mass is 31.2. The third kappa shape index (κ3) is 4.42. The van der Waals surface area contributed by atoms with Crippen LogP contribution in [0.5, 0.6) is 0 Å². The van der Waals surface area contributed by atoms with E-state index in [0.29, 0.717) is 12.8 Å². The van der Waals surface area contributed by atoms with Gasteiger partial charge in [0.2, 0.25) is 7.37 Å². The van der Waals surface area contributed by atoms with Gasteiger partial charge in [-0.1, -0.05) is 18.2 Å². The molecule has 1 aromatic carbocycles. The molecular formula is C15H24NO3P. The quantitative estimate of drug-likeness (QED) is 0.724. The molecule has 0 aromatic heterocycles. The highest BCUT2D eigenvalue weighted by Crippen LogP contribution is 2.46. The van der Waals surface area contributed by atoms with Gasteiger partial charge in [-0.05, 0) is 32.0 Å². The van der Waals surface area contributed by atoms with Crippen molar-refractivity contribution in [1.82, 2.24) is 4.90 Å². The largest absolute Gasteiger partial charge is 0.379 e. The summed E-state index contributed by atoms with van der Waals surface area (Å²) in [5.41, 5.74) is 0. The van der Waals surface area contributed by atoms with E-state index in [1.54, 1.807) is 0 Å². The van der Waals surface area contributed by atoms with Gasteiger partial charge in [0, 0.05) is 24.6 Å². The molecule has 2 rings (SSSR count). The molecule has 5 heteroatoms. The van der Waals surface area contributed by atoms with E-state index in [0.717, 1.165) is 44.6 Å². The monoisotopic (exact) mass is 297 g/mol. The summed E-state index contributed by atoms with van der Waals surface area (Å²) >= 11 is 0. The van der Waals surface area contributed by atoms with Crippen LogP contribution in [0.1, 0.15) is 13.3 Å². The molecule has 1 aliphatic rings. The molecule has 0 spiro atoms. The van der Waals surface area contributed by atoms with Gasteiger partial charge in [-0.3, -0.25) is 9.46 Å². The molecule has 0 saturated carbocycles. The number of benzene rings is 1. The maximum absolute atomic E-state index is 13.0. The van der Waals surface area contributed by atoms with Crippen LogP contribution in [0.3, 0.4) is 0 Å². The Morgan fingerprint density at radius 2 is 1.95 bits per heavy atom. The molecule has 1 fully saturated rings. The Kier molecular flexibility index (Phi) is 6.24. The van der Waals surface area contributed by atoms with Crippen molar-refractivity contribution in [3.05, 3.63) is 30.3 Å². The van der Waals surface area contributed by atoms with Gasteiger partial charge in [0.15, 0.2) is 0 Å². The normalized spacial score (nSPS) is 19.6. The van der Waals surface area contributed by atoms with Crippen molar-refractivity contribution in [3.8, 4) is 0 Å². The van der Waals surface area contributed by atoms with Crippen molar-refractivity contribution < 1.29 is 13.8 Å². The van der Waals surface area contributed by atoms with Gasteiger partial charge < -0.3 is 9.26 Å². The van der Waals surface area contributed by atoms with Crippen molar-refractivity contribution in [2.24, 2.45) is 0 Å². The van der Waals surface area contributed by atoms with Crippen LogP contribution in [0.4, 0.5) is 0 Å². The lowest BCUT2D eigenvalue weighted by Crippen LogP contribution is -2.37. The van der Waals surface area contributed by atoms with Crippen LogP contribution in [-0.4, -0.2) is 50.5 Å². The fourth-order valence-corrected chi connectivity index (χ4v) is 4.60. The summed E-state index contributed by atoms with van der Waals surface area (Å²) < 4.78 is 23.9. The molecule has 0 aliphatic carbocycles. The molecule has 1 atom stereocenters. The second-order valence-electron chi connectivity index (χ2n) is 4.96. The molecule has 1 heterocycles. The van der Waals surface area contributed by atoms with Crippen molar-refractivity contribution in [2.45, 2.75) is 13.3 Å². The Bertz CT molecular complexity index is 432. The predicted octanol–water partition coefficient (Wildman–Crippen LogP) is 2.35. The average molecular weight is 297 g/mol. The minimum absolute atomic E-state index is 0.490. The fourth-order valence-electron chi connectivity index (χ4n) is 2.46. The van der Waals surface area contributed by atoms with E-state index >= 15 is 0 Å². The molecule has 0 bridgehead atoms. The second kappa shape index (κ2) is 7.94. The zero-order valence-electron chi connectivity index (χ0n) is 12.2. The minimum Gasteiger partial charge on any atom is -0.379 e. The number of hydrogen-bond acceptors (Lipinski definition) is 4. The molecule has 4 nitrogen and oxygen atoms in total. The Balaban J connectivity index is 1.90. The summed E-state index contributed by atoms with van der Waals surface area (Å²) in [6.45, 7) is 6.92.